The second-order valence-electron chi connectivity index (χ2n) is 6.87. The van der Waals surface area contributed by atoms with E-state index in [1.807, 2.05) is 13.8 Å². The second kappa shape index (κ2) is 5.65. The fourth-order valence-corrected chi connectivity index (χ4v) is 3.58. The summed E-state index contributed by atoms with van der Waals surface area (Å²) in [6, 6.07) is 6.02. The zero-order chi connectivity index (χ0) is 17.6. The minimum atomic E-state index is -1.10. The molecule has 0 radical (unpaired) electrons. The van der Waals surface area contributed by atoms with Crippen molar-refractivity contribution in [2.45, 2.75) is 38.0 Å². The Kier molecular flexibility index (Phi) is 3.90. The van der Waals surface area contributed by atoms with Crippen LogP contribution in [0.1, 0.15) is 59.7 Å². The maximum absolute atomic E-state index is 14.2. The molecule has 0 spiro atoms. The molecule has 5 heteroatoms. The first-order valence-electron chi connectivity index (χ1n) is 7.73. The fraction of sp³-hybridized carbons (Fsp3) is 0.316. The SMILES string of the molecule is CC1(C)CCC(c2c(F)cc(F)cc2F)c2cc(C(=O)O)ccc21. The molecule has 3 rings (SSSR count). The molecule has 1 unspecified atom stereocenters. The fourth-order valence-electron chi connectivity index (χ4n) is 3.58. The zero-order valence-electron chi connectivity index (χ0n) is 13.4. The van der Waals surface area contributed by atoms with Gasteiger partial charge in [-0.3, -0.25) is 0 Å². The van der Waals surface area contributed by atoms with E-state index >= 15 is 0 Å². The van der Waals surface area contributed by atoms with Gasteiger partial charge in [-0.05, 0) is 41.5 Å². The molecule has 1 aliphatic rings. The molecular weight excluding hydrogens is 317 g/mol. The van der Waals surface area contributed by atoms with Gasteiger partial charge in [0.25, 0.3) is 0 Å². The third-order valence-corrected chi connectivity index (χ3v) is 4.85. The Morgan fingerprint density at radius 1 is 1.12 bits per heavy atom. The van der Waals surface area contributed by atoms with Crippen LogP contribution < -0.4 is 0 Å². The highest BCUT2D eigenvalue weighted by Crippen LogP contribution is 2.46. The van der Waals surface area contributed by atoms with E-state index in [1.165, 1.54) is 12.1 Å². The van der Waals surface area contributed by atoms with E-state index in [-0.39, 0.29) is 16.5 Å². The number of benzene rings is 2. The summed E-state index contributed by atoms with van der Waals surface area (Å²) in [4.78, 5) is 11.3. The van der Waals surface area contributed by atoms with Crippen molar-refractivity contribution in [1.82, 2.24) is 0 Å². The first kappa shape index (κ1) is 16.6. The van der Waals surface area contributed by atoms with Crippen LogP contribution in [0.15, 0.2) is 30.3 Å². The summed E-state index contributed by atoms with van der Waals surface area (Å²) < 4.78 is 41.7. The second-order valence-corrected chi connectivity index (χ2v) is 6.87. The Morgan fingerprint density at radius 3 is 2.33 bits per heavy atom. The van der Waals surface area contributed by atoms with Crippen molar-refractivity contribution < 1.29 is 23.1 Å². The molecule has 0 amide bonds. The number of hydrogen-bond acceptors (Lipinski definition) is 1. The Hall–Kier alpha value is -2.30. The summed E-state index contributed by atoms with van der Waals surface area (Å²) in [5.74, 6) is -4.58. The number of carboxylic acids is 1. The van der Waals surface area contributed by atoms with Crippen molar-refractivity contribution in [3.05, 3.63) is 70.0 Å². The highest BCUT2D eigenvalue weighted by Gasteiger charge is 2.36. The summed E-state index contributed by atoms with van der Waals surface area (Å²) in [6.07, 6.45) is 1.15. The molecule has 126 valence electrons. The van der Waals surface area contributed by atoms with Gasteiger partial charge in [0, 0.05) is 23.6 Å². The third kappa shape index (κ3) is 2.68. The van der Waals surface area contributed by atoms with E-state index in [1.54, 1.807) is 6.07 Å². The summed E-state index contributed by atoms with van der Waals surface area (Å²) in [5.41, 5.74) is 1.10. The maximum Gasteiger partial charge on any atom is 0.335 e. The van der Waals surface area contributed by atoms with Gasteiger partial charge >= 0.3 is 5.97 Å². The van der Waals surface area contributed by atoms with Crippen LogP contribution in [0.2, 0.25) is 0 Å². The number of hydrogen-bond donors (Lipinski definition) is 1. The molecule has 2 aromatic carbocycles. The average Bonchev–Trinajstić information content (AvgIpc) is 2.48. The van der Waals surface area contributed by atoms with Crippen molar-refractivity contribution in [2.75, 3.05) is 0 Å². The topological polar surface area (TPSA) is 37.3 Å². The van der Waals surface area contributed by atoms with Crippen LogP contribution in [0.4, 0.5) is 13.2 Å². The Labute approximate surface area is 137 Å². The molecular formula is C19H17F3O2. The van der Waals surface area contributed by atoms with Crippen LogP contribution in [0.25, 0.3) is 0 Å². The number of carboxylic acid groups (broad SMARTS) is 1. The molecule has 0 aromatic heterocycles. The largest absolute Gasteiger partial charge is 0.478 e. The molecule has 24 heavy (non-hydrogen) atoms. The Balaban J connectivity index is 2.23. The van der Waals surface area contributed by atoms with Gasteiger partial charge in [0.15, 0.2) is 0 Å². The smallest absolute Gasteiger partial charge is 0.335 e. The van der Waals surface area contributed by atoms with Gasteiger partial charge in [-0.25, -0.2) is 18.0 Å². The van der Waals surface area contributed by atoms with Crippen molar-refractivity contribution in [2.24, 2.45) is 0 Å². The van der Waals surface area contributed by atoms with Crippen molar-refractivity contribution in [1.29, 1.82) is 0 Å². The van der Waals surface area contributed by atoms with E-state index < -0.39 is 29.3 Å². The van der Waals surface area contributed by atoms with Crippen LogP contribution in [0, 0.1) is 17.5 Å². The maximum atomic E-state index is 14.2. The normalized spacial score (nSPS) is 19.0. The number of halogens is 3. The van der Waals surface area contributed by atoms with Gasteiger partial charge in [0.05, 0.1) is 5.56 Å². The number of fused-ring (bicyclic) bond motifs is 1. The lowest BCUT2D eigenvalue weighted by molar-refractivity contribution is 0.0696. The molecule has 2 nitrogen and oxygen atoms in total. The molecule has 1 aliphatic carbocycles. The highest BCUT2D eigenvalue weighted by atomic mass is 19.1. The van der Waals surface area contributed by atoms with E-state index in [0.717, 1.165) is 5.56 Å². The summed E-state index contributed by atoms with van der Waals surface area (Å²) in [6.45, 7) is 4.03. The zero-order valence-corrected chi connectivity index (χ0v) is 13.4. The minimum absolute atomic E-state index is 0.0689. The van der Waals surface area contributed by atoms with Crippen molar-refractivity contribution in [3.63, 3.8) is 0 Å². The van der Waals surface area contributed by atoms with Crippen LogP contribution >= 0.6 is 0 Å². The summed E-state index contributed by atoms with van der Waals surface area (Å²) in [7, 11) is 0. The van der Waals surface area contributed by atoms with Gasteiger partial charge in [-0.1, -0.05) is 19.9 Å². The number of rotatable bonds is 2. The number of aromatic carboxylic acids is 1. The van der Waals surface area contributed by atoms with E-state index in [4.69, 9.17) is 0 Å². The lowest BCUT2D eigenvalue weighted by atomic mass is 9.67. The predicted octanol–water partition coefficient (Wildman–Crippen LogP) is 5.01. The van der Waals surface area contributed by atoms with Crippen molar-refractivity contribution >= 4 is 5.97 Å². The lowest BCUT2D eigenvalue weighted by Gasteiger charge is -2.37. The van der Waals surface area contributed by atoms with Crippen LogP contribution in [0.5, 0.6) is 0 Å². The van der Waals surface area contributed by atoms with E-state index in [9.17, 15) is 23.1 Å². The molecule has 1 N–H and O–H groups in total. The Morgan fingerprint density at radius 2 is 1.75 bits per heavy atom. The van der Waals surface area contributed by atoms with Crippen LogP contribution in [-0.4, -0.2) is 11.1 Å². The molecule has 0 saturated carbocycles. The standard InChI is InChI=1S/C19H17F3O2/c1-19(2)6-5-12(17-15(21)8-11(20)9-16(17)22)13-7-10(18(23)24)3-4-14(13)19/h3-4,7-9,12H,5-6H2,1-2H3,(H,23,24). The average molecular weight is 334 g/mol. The van der Waals surface area contributed by atoms with Gasteiger partial charge in [0.2, 0.25) is 0 Å². The van der Waals surface area contributed by atoms with Crippen LogP contribution in [0.3, 0.4) is 0 Å². The van der Waals surface area contributed by atoms with Gasteiger partial charge < -0.3 is 5.11 Å². The first-order valence-corrected chi connectivity index (χ1v) is 7.73. The quantitative estimate of drug-likeness (QED) is 0.838. The predicted molar refractivity (Wildman–Crippen MR) is 83.8 cm³/mol. The molecule has 0 aliphatic heterocycles. The molecule has 0 heterocycles. The number of carbonyl (C=O) groups is 1. The summed E-state index contributed by atoms with van der Waals surface area (Å²) >= 11 is 0. The van der Waals surface area contributed by atoms with E-state index in [2.05, 4.69) is 0 Å². The molecule has 2 aromatic rings. The van der Waals surface area contributed by atoms with Gasteiger partial charge in [-0.15, -0.1) is 0 Å². The van der Waals surface area contributed by atoms with Crippen LogP contribution in [-0.2, 0) is 5.41 Å². The monoisotopic (exact) mass is 334 g/mol. The van der Waals surface area contributed by atoms with E-state index in [0.29, 0.717) is 30.5 Å². The minimum Gasteiger partial charge on any atom is -0.478 e. The molecule has 0 fully saturated rings. The molecule has 1 atom stereocenters. The summed E-state index contributed by atoms with van der Waals surface area (Å²) in [5, 5.41) is 9.22. The molecule has 0 saturated heterocycles. The van der Waals surface area contributed by atoms with Gasteiger partial charge in [0.1, 0.15) is 17.5 Å². The third-order valence-electron chi connectivity index (χ3n) is 4.85. The van der Waals surface area contributed by atoms with Gasteiger partial charge in [-0.2, -0.15) is 0 Å². The Bertz CT molecular complexity index is 804. The van der Waals surface area contributed by atoms with Crippen molar-refractivity contribution in [3.8, 4) is 0 Å². The lowest BCUT2D eigenvalue weighted by Crippen LogP contribution is -2.28. The first-order chi connectivity index (χ1) is 11.2. The molecule has 0 bridgehead atoms. The highest BCUT2D eigenvalue weighted by molar-refractivity contribution is 5.88.